The Morgan fingerprint density at radius 2 is 1.89 bits per heavy atom. The van der Waals surface area contributed by atoms with Gasteiger partial charge in [0, 0.05) is 24.9 Å². The highest BCUT2D eigenvalue weighted by atomic mass is 32.2. The van der Waals surface area contributed by atoms with Crippen LogP contribution in [-0.4, -0.2) is 41.8 Å². The van der Waals surface area contributed by atoms with Gasteiger partial charge in [0.2, 0.25) is 21.9 Å². The fourth-order valence-electron chi connectivity index (χ4n) is 3.12. The maximum atomic E-state index is 13.2. The van der Waals surface area contributed by atoms with Gasteiger partial charge in [-0.3, -0.25) is 9.48 Å². The summed E-state index contributed by atoms with van der Waals surface area (Å²) in [7, 11) is -3.83. The van der Waals surface area contributed by atoms with Gasteiger partial charge in [-0.1, -0.05) is 17.3 Å². The average molecular weight is 413 g/mol. The number of sulfonamides is 1. The van der Waals surface area contributed by atoms with Crippen LogP contribution < -0.4 is 10.5 Å². The molecule has 1 heterocycles. The molecule has 1 aliphatic carbocycles. The second kappa shape index (κ2) is 7.92. The van der Waals surface area contributed by atoms with Crippen LogP contribution in [0.1, 0.15) is 25.7 Å². The minimum absolute atomic E-state index is 0.00646. The Labute approximate surface area is 161 Å². The molecule has 0 saturated heterocycles. The van der Waals surface area contributed by atoms with E-state index >= 15 is 0 Å². The van der Waals surface area contributed by atoms with Crippen molar-refractivity contribution in [3.8, 4) is 11.3 Å². The number of carbonyl (C=O) groups is 1. The first-order valence-electron chi connectivity index (χ1n) is 8.81. The number of nitrogens with two attached hydrogens (primary N) is 1. The number of nitrogens with one attached hydrogen (secondary N) is 1. The number of alkyl halides is 2. The monoisotopic (exact) mass is 413 g/mol. The van der Waals surface area contributed by atoms with E-state index in [1.807, 2.05) is 0 Å². The summed E-state index contributed by atoms with van der Waals surface area (Å²) < 4.78 is 54.3. The largest absolute Gasteiger partial charge is 0.369 e. The standard InChI is InChI=1S/C17H21F2N5O3S/c18-17(19)7-5-12(6-8-17)10-24-11-15(22-23-24)13-1-3-14(4-2-13)28(26,27)21-9-16(20)25/h1-4,11-12,21H,5-10H2,(H2,20,25). The van der Waals surface area contributed by atoms with Crippen molar-refractivity contribution >= 4 is 15.9 Å². The van der Waals surface area contributed by atoms with E-state index in [0.29, 0.717) is 30.6 Å². The molecule has 1 saturated carbocycles. The normalized spacial score (nSPS) is 17.5. The second-order valence-electron chi connectivity index (χ2n) is 6.94. The Bertz CT molecular complexity index is 934. The molecule has 28 heavy (non-hydrogen) atoms. The summed E-state index contributed by atoms with van der Waals surface area (Å²) in [4.78, 5) is 10.7. The number of primary amides is 1. The number of benzene rings is 1. The molecule has 1 amide bonds. The lowest BCUT2D eigenvalue weighted by molar-refractivity contribution is -0.116. The molecule has 0 spiro atoms. The van der Waals surface area contributed by atoms with Crippen molar-refractivity contribution in [3.63, 3.8) is 0 Å². The molecule has 0 aliphatic heterocycles. The van der Waals surface area contributed by atoms with Gasteiger partial charge in [0.1, 0.15) is 5.69 Å². The lowest BCUT2D eigenvalue weighted by Crippen LogP contribution is -2.33. The summed E-state index contributed by atoms with van der Waals surface area (Å²) >= 11 is 0. The highest BCUT2D eigenvalue weighted by molar-refractivity contribution is 7.89. The smallest absolute Gasteiger partial charge is 0.248 e. The molecule has 1 aliphatic rings. The van der Waals surface area contributed by atoms with Gasteiger partial charge in [-0.15, -0.1) is 5.10 Å². The third kappa shape index (κ3) is 5.10. The zero-order valence-electron chi connectivity index (χ0n) is 15.0. The fraction of sp³-hybridized carbons (Fsp3) is 0.471. The topological polar surface area (TPSA) is 120 Å². The maximum absolute atomic E-state index is 13.2. The molecule has 0 radical (unpaired) electrons. The summed E-state index contributed by atoms with van der Waals surface area (Å²) in [5, 5.41) is 8.11. The molecule has 0 unspecified atom stereocenters. The number of halogens is 2. The molecule has 1 aromatic carbocycles. The van der Waals surface area contributed by atoms with E-state index in [0.717, 1.165) is 0 Å². The van der Waals surface area contributed by atoms with E-state index in [2.05, 4.69) is 15.0 Å². The van der Waals surface area contributed by atoms with Crippen LogP contribution in [0.25, 0.3) is 11.3 Å². The molecule has 11 heteroatoms. The maximum Gasteiger partial charge on any atom is 0.248 e. The first kappa shape index (κ1) is 20.3. The van der Waals surface area contributed by atoms with Gasteiger partial charge in [0.15, 0.2) is 0 Å². The lowest BCUT2D eigenvalue weighted by Gasteiger charge is -2.27. The van der Waals surface area contributed by atoms with Crippen LogP contribution in [0, 0.1) is 5.92 Å². The minimum Gasteiger partial charge on any atom is -0.369 e. The van der Waals surface area contributed by atoms with Crippen LogP contribution >= 0.6 is 0 Å². The van der Waals surface area contributed by atoms with Crippen molar-refractivity contribution in [2.75, 3.05) is 6.54 Å². The van der Waals surface area contributed by atoms with Crippen LogP contribution in [0.3, 0.4) is 0 Å². The first-order valence-corrected chi connectivity index (χ1v) is 10.3. The summed E-state index contributed by atoms with van der Waals surface area (Å²) in [6.45, 7) is 0.0398. The predicted molar refractivity (Wildman–Crippen MR) is 96.7 cm³/mol. The zero-order chi connectivity index (χ0) is 20.4. The van der Waals surface area contributed by atoms with Gasteiger partial charge in [-0.05, 0) is 30.9 Å². The van der Waals surface area contributed by atoms with E-state index in [1.165, 1.54) is 12.1 Å². The zero-order valence-corrected chi connectivity index (χ0v) is 15.8. The van der Waals surface area contributed by atoms with Crippen LogP contribution in [0.5, 0.6) is 0 Å². The summed E-state index contributed by atoms with van der Waals surface area (Å²) in [5.41, 5.74) is 6.15. The second-order valence-corrected chi connectivity index (χ2v) is 8.71. The number of rotatable bonds is 7. The van der Waals surface area contributed by atoms with Crippen LogP contribution in [0.15, 0.2) is 35.4 Å². The van der Waals surface area contributed by atoms with Gasteiger partial charge in [-0.2, -0.15) is 0 Å². The SMILES string of the molecule is NC(=O)CNS(=O)(=O)c1ccc(-c2cn(CC3CCC(F)(F)CC3)nn2)cc1. The Hall–Kier alpha value is -2.40. The van der Waals surface area contributed by atoms with Crippen molar-refractivity contribution in [1.82, 2.24) is 19.7 Å². The lowest BCUT2D eigenvalue weighted by atomic mass is 9.87. The van der Waals surface area contributed by atoms with E-state index in [4.69, 9.17) is 5.73 Å². The van der Waals surface area contributed by atoms with Crippen molar-refractivity contribution in [1.29, 1.82) is 0 Å². The van der Waals surface area contributed by atoms with Crippen LogP contribution in [-0.2, 0) is 21.4 Å². The Balaban J connectivity index is 1.64. The van der Waals surface area contributed by atoms with Gasteiger partial charge < -0.3 is 5.73 Å². The molecule has 3 rings (SSSR count). The summed E-state index contributed by atoms with van der Waals surface area (Å²) in [6.07, 6.45) is 2.42. The molecule has 3 N–H and O–H groups in total. The van der Waals surface area contributed by atoms with E-state index in [9.17, 15) is 22.0 Å². The van der Waals surface area contributed by atoms with Gasteiger partial charge in [0.25, 0.3) is 0 Å². The van der Waals surface area contributed by atoms with E-state index in [1.54, 1.807) is 23.0 Å². The molecule has 0 atom stereocenters. The average Bonchev–Trinajstić information content (AvgIpc) is 3.11. The van der Waals surface area contributed by atoms with Gasteiger partial charge in [-0.25, -0.2) is 21.9 Å². The predicted octanol–water partition coefficient (Wildman–Crippen LogP) is 1.53. The highest BCUT2D eigenvalue weighted by Crippen LogP contribution is 2.36. The Morgan fingerprint density at radius 3 is 2.50 bits per heavy atom. The fourth-order valence-corrected chi connectivity index (χ4v) is 4.11. The number of aromatic nitrogens is 3. The van der Waals surface area contributed by atoms with Crippen molar-refractivity contribution < 1.29 is 22.0 Å². The van der Waals surface area contributed by atoms with Gasteiger partial charge >= 0.3 is 0 Å². The van der Waals surface area contributed by atoms with Crippen molar-refractivity contribution in [2.45, 2.75) is 43.0 Å². The first-order chi connectivity index (χ1) is 13.1. The van der Waals surface area contributed by atoms with Crippen LogP contribution in [0.2, 0.25) is 0 Å². The summed E-state index contributed by atoms with van der Waals surface area (Å²) in [6, 6.07) is 5.94. The Kier molecular flexibility index (Phi) is 5.75. The molecular formula is C17H21F2N5O3S. The molecule has 152 valence electrons. The Morgan fingerprint density at radius 1 is 1.25 bits per heavy atom. The number of hydrogen-bond acceptors (Lipinski definition) is 5. The number of carbonyl (C=O) groups excluding carboxylic acids is 1. The number of amides is 1. The van der Waals surface area contributed by atoms with E-state index < -0.39 is 28.4 Å². The van der Waals surface area contributed by atoms with E-state index in [-0.39, 0.29) is 23.7 Å². The van der Waals surface area contributed by atoms with Crippen molar-refractivity contribution in [2.24, 2.45) is 11.7 Å². The molecule has 1 fully saturated rings. The third-order valence-electron chi connectivity index (χ3n) is 4.72. The third-order valence-corrected chi connectivity index (χ3v) is 6.13. The quantitative estimate of drug-likeness (QED) is 0.713. The highest BCUT2D eigenvalue weighted by Gasteiger charge is 2.35. The molecule has 8 nitrogen and oxygen atoms in total. The number of hydrogen-bond donors (Lipinski definition) is 2. The molecule has 1 aromatic heterocycles. The van der Waals surface area contributed by atoms with Crippen LogP contribution in [0.4, 0.5) is 8.78 Å². The molecular weight excluding hydrogens is 392 g/mol. The van der Waals surface area contributed by atoms with Gasteiger partial charge in [0.05, 0.1) is 17.6 Å². The summed E-state index contributed by atoms with van der Waals surface area (Å²) in [5.74, 6) is -3.20. The minimum atomic E-state index is -3.83. The number of nitrogens with zero attached hydrogens (tertiary/aromatic N) is 3. The molecule has 0 bridgehead atoms. The molecule has 2 aromatic rings. The van der Waals surface area contributed by atoms with Crippen molar-refractivity contribution in [3.05, 3.63) is 30.5 Å².